The zero-order valence-electron chi connectivity index (χ0n) is 11.9. The smallest absolute Gasteiger partial charge is 0.323 e. The van der Waals surface area contributed by atoms with Crippen molar-refractivity contribution in [1.29, 1.82) is 0 Å². The molecule has 0 aromatic heterocycles. The van der Waals surface area contributed by atoms with Crippen LogP contribution in [0, 0.1) is 0 Å². The van der Waals surface area contributed by atoms with Crippen molar-refractivity contribution in [2.45, 2.75) is 65.4 Å². The Balaban J connectivity index is 5.16. The monoisotopic (exact) mass is 263 g/mol. The molecule has 0 aliphatic carbocycles. The van der Waals surface area contributed by atoms with Gasteiger partial charge in [0, 0.05) is 0 Å². The summed E-state index contributed by atoms with van der Waals surface area (Å²) in [4.78, 5) is 0. The molecule has 15 heavy (non-hydrogen) atoms. The molecule has 0 bridgehead atoms. The normalized spacial score (nSPS) is 14.6. The topological polar surface area (TPSA) is 3.24 Å². The summed E-state index contributed by atoms with van der Waals surface area (Å²) in [6, 6.07) is 0. The van der Waals surface area contributed by atoms with Crippen LogP contribution in [-0.4, -0.2) is 26.9 Å². The van der Waals surface area contributed by atoms with Crippen molar-refractivity contribution >= 4 is 34.2 Å². The average molecular weight is 264 g/mol. The third-order valence-corrected chi connectivity index (χ3v) is 11.0. The summed E-state index contributed by atoms with van der Waals surface area (Å²) in [6.45, 7) is 21.1. The standard InChI is InChI=1S/C10H27BClNSi2/c1-10(2,3)11(12)13(14(4,5)6)15(7,8)9/h1-9H3. The maximum Gasteiger partial charge on any atom is 0.323 e. The molecule has 0 radical (unpaired) electrons. The third kappa shape index (κ3) is 4.63. The fraction of sp³-hybridized carbons (Fsp3) is 1.00. The second-order valence-electron chi connectivity index (χ2n) is 7.41. The molecule has 0 saturated carbocycles. The summed E-state index contributed by atoms with van der Waals surface area (Å²) >= 11 is 6.69. The Morgan fingerprint density at radius 1 is 0.867 bits per heavy atom. The number of hydrogen-bond acceptors (Lipinski definition) is 1. The molecule has 0 N–H and O–H groups in total. The van der Waals surface area contributed by atoms with E-state index in [4.69, 9.17) is 11.5 Å². The van der Waals surface area contributed by atoms with E-state index in [0.29, 0.717) is 0 Å². The molecule has 0 aromatic rings. The van der Waals surface area contributed by atoms with Crippen molar-refractivity contribution in [3.05, 3.63) is 0 Å². The van der Waals surface area contributed by atoms with Gasteiger partial charge in [0.25, 0.3) is 0 Å². The van der Waals surface area contributed by atoms with Gasteiger partial charge in [-0.05, 0) is 5.31 Å². The van der Waals surface area contributed by atoms with Crippen molar-refractivity contribution in [3.8, 4) is 0 Å². The fourth-order valence-electron chi connectivity index (χ4n) is 2.07. The highest BCUT2D eigenvalue weighted by Gasteiger charge is 2.45. The molecule has 0 aliphatic heterocycles. The Kier molecular flexibility index (Phi) is 4.78. The van der Waals surface area contributed by atoms with Gasteiger partial charge >= 0.3 is 6.26 Å². The second-order valence-corrected chi connectivity index (χ2v) is 17.9. The van der Waals surface area contributed by atoms with Gasteiger partial charge in [-0.15, -0.1) is 0 Å². The molecule has 0 amide bonds. The molecule has 0 rings (SSSR count). The largest absolute Gasteiger partial charge is 0.374 e. The Labute approximate surface area is 104 Å². The molecule has 90 valence electrons. The SMILES string of the molecule is CC(C)(C)B(Cl)N([Si](C)(C)C)[Si](C)(C)C. The predicted molar refractivity (Wildman–Crippen MR) is 79.9 cm³/mol. The number of halogens is 1. The zero-order valence-corrected chi connectivity index (χ0v) is 14.7. The zero-order chi connectivity index (χ0) is 12.7. The molecule has 0 aliphatic rings. The Morgan fingerprint density at radius 3 is 1.20 bits per heavy atom. The minimum absolute atomic E-state index is 0.155. The van der Waals surface area contributed by atoms with Gasteiger partial charge in [0.05, 0.1) is 0 Å². The predicted octanol–water partition coefficient (Wildman–Crippen LogP) is 4.49. The van der Waals surface area contributed by atoms with E-state index in [9.17, 15) is 0 Å². The van der Waals surface area contributed by atoms with E-state index in [1.54, 1.807) is 0 Å². The highest BCUT2D eigenvalue weighted by atomic mass is 35.5. The molecule has 0 heterocycles. The Morgan fingerprint density at radius 2 is 1.13 bits per heavy atom. The number of rotatable bonds is 3. The van der Waals surface area contributed by atoms with Crippen LogP contribution < -0.4 is 0 Å². The van der Waals surface area contributed by atoms with Crippen LogP contribution in [0.4, 0.5) is 0 Å². The molecule has 0 atom stereocenters. The van der Waals surface area contributed by atoms with Crippen LogP contribution in [0.2, 0.25) is 44.6 Å². The van der Waals surface area contributed by atoms with Gasteiger partial charge in [-0.3, -0.25) is 0 Å². The molecule has 5 heteroatoms. The Hall–Kier alpha value is 0.749. The van der Waals surface area contributed by atoms with Gasteiger partial charge in [0.15, 0.2) is 0 Å². The Bertz CT molecular complexity index is 201. The van der Waals surface area contributed by atoms with Crippen molar-refractivity contribution in [3.63, 3.8) is 0 Å². The van der Waals surface area contributed by atoms with Crippen LogP contribution >= 0.6 is 11.5 Å². The minimum atomic E-state index is -1.33. The highest BCUT2D eigenvalue weighted by molar-refractivity contribution is 7.17. The van der Waals surface area contributed by atoms with Crippen LogP contribution in [0.25, 0.3) is 0 Å². The summed E-state index contributed by atoms with van der Waals surface area (Å²) < 4.78 is 2.67. The van der Waals surface area contributed by atoms with Crippen LogP contribution in [-0.2, 0) is 0 Å². The molecule has 0 saturated heterocycles. The lowest BCUT2D eigenvalue weighted by Gasteiger charge is -2.49. The van der Waals surface area contributed by atoms with Gasteiger partial charge < -0.3 is 4.14 Å². The highest BCUT2D eigenvalue weighted by Crippen LogP contribution is 2.36. The van der Waals surface area contributed by atoms with E-state index in [0.717, 1.165) is 0 Å². The molecular formula is C10H27BClNSi2. The summed E-state index contributed by atoms with van der Waals surface area (Å²) in [5.41, 5.74) is 0. The van der Waals surface area contributed by atoms with Gasteiger partial charge in [-0.2, -0.15) is 11.5 Å². The summed E-state index contributed by atoms with van der Waals surface area (Å²) in [5, 5.41) is 0.155. The molecular weight excluding hydrogens is 237 g/mol. The van der Waals surface area contributed by atoms with Crippen LogP contribution in [0.1, 0.15) is 20.8 Å². The van der Waals surface area contributed by atoms with E-state index in [-0.39, 0.29) is 11.6 Å². The fourth-order valence-corrected chi connectivity index (χ4v) is 14.0. The van der Waals surface area contributed by atoms with E-state index < -0.39 is 16.5 Å². The first kappa shape index (κ1) is 15.7. The lowest BCUT2D eigenvalue weighted by Crippen LogP contribution is -2.65. The van der Waals surface area contributed by atoms with Crippen molar-refractivity contribution < 1.29 is 0 Å². The first-order chi connectivity index (χ1) is 6.28. The molecule has 1 nitrogen and oxygen atoms in total. The van der Waals surface area contributed by atoms with E-state index >= 15 is 0 Å². The third-order valence-electron chi connectivity index (χ3n) is 2.39. The molecule has 0 unspecified atom stereocenters. The van der Waals surface area contributed by atoms with E-state index in [1.807, 2.05) is 0 Å². The van der Waals surface area contributed by atoms with Crippen molar-refractivity contribution in [2.24, 2.45) is 0 Å². The first-order valence-electron chi connectivity index (χ1n) is 5.71. The summed E-state index contributed by atoms with van der Waals surface area (Å²) in [7, 11) is -2.66. The van der Waals surface area contributed by atoms with Gasteiger partial charge in [-0.25, -0.2) is 0 Å². The van der Waals surface area contributed by atoms with E-state index in [1.165, 1.54) is 0 Å². The first-order valence-corrected chi connectivity index (χ1v) is 13.0. The van der Waals surface area contributed by atoms with Crippen LogP contribution in [0.5, 0.6) is 0 Å². The van der Waals surface area contributed by atoms with Crippen LogP contribution in [0.3, 0.4) is 0 Å². The van der Waals surface area contributed by atoms with Gasteiger partial charge in [0.2, 0.25) is 0 Å². The van der Waals surface area contributed by atoms with Crippen molar-refractivity contribution in [1.82, 2.24) is 4.14 Å². The lowest BCUT2D eigenvalue weighted by atomic mass is 9.64. The molecule has 0 spiro atoms. The second kappa shape index (κ2) is 4.55. The van der Waals surface area contributed by atoms with E-state index in [2.05, 4.69) is 64.2 Å². The number of nitrogens with zero attached hydrogens (tertiary/aromatic N) is 1. The maximum atomic E-state index is 6.69. The maximum absolute atomic E-state index is 6.69. The quantitative estimate of drug-likeness (QED) is 0.679. The summed E-state index contributed by atoms with van der Waals surface area (Å²) in [5.74, 6) is 0. The van der Waals surface area contributed by atoms with Crippen LogP contribution in [0.15, 0.2) is 0 Å². The lowest BCUT2D eigenvalue weighted by molar-refractivity contribution is 0.705. The summed E-state index contributed by atoms with van der Waals surface area (Å²) in [6.07, 6.45) is 0.163. The van der Waals surface area contributed by atoms with Gasteiger partial charge in [-0.1, -0.05) is 60.1 Å². The van der Waals surface area contributed by atoms with Crippen molar-refractivity contribution in [2.75, 3.05) is 0 Å². The molecule has 0 fully saturated rings. The average Bonchev–Trinajstić information content (AvgIpc) is 1.76. The molecule has 0 aromatic carbocycles. The minimum Gasteiger partial charge on any atom is -0.374 e. The number of hydrogen-bond donors (Lipinski definition) is 0. The van der Waals surface area contributed by atoms with Gasteiger partial charge in [0.1, 0.15) is 16.5 Å².